The van der Waals surface area contributed by atoms with Gasteiger partial charge in [0.15, 0.2) is 0 Å². The Morgan fingerprint density at radius 2 is 1.91 bits per heavy atom. The average Bonchev–Trinajstić information content (AvgIpc) is 3.47. The first-order valence-electron chi connectivity index (χ1n) is 10.1. The molecule has 0 aliphatic heterocycles. The Balaban J connectivity index is 1.50. The molecule has 2 heterocycles. The van der Waals surface area contributed by atoms with Gasteiger partial charge in [-0.3, -0.25) is 14.3 Å². The van der Waals surface area contributed by atoms with Crippen LogP contribution in [-0.2, 0) is 18.4 Å². The fourth-order valence-corrected chi connectivity index (χ4v) is 3.79. The maximum Gasteiger partial charge on any atom is 0.573 e. The first kappa shape index (κ1) is 21.8. The van der Waals surface area contributed by atoms with Crippen molar-refractivity contribution in [3.8, 4) is 5.75 Å². The molecule has 1 amide bonds. The van der Waals surface area contributed by atoms with E-state index in [4.69, 9.17) is 0 Å². The van der Waals surface area contributed by atoms with Gasteiger partial charge in [-0.2, -0.15) is 10.2 Å². The summed E-state index contributed by atoms with van der Waals surface area (Å²) in [4.78, 5) is 25.6. The van der Waals surface area contributed by atoms with Crippen LogP contribution in [0.3, 0.4) is 0 Å². The number of hydrogen-bond donors (Lipinski definition) is 1. The maximum absolute atomic E-state index is 13.1. The third-order valence-electron chi connectivity index (χ3n) is 5.38. The minimum atomic E-state index is -4.77. The minimum Gasteiger partial charge on any atom is -0.406 e. The molecule has 0 spiro atoms. The van der Waals surface area contributed by atoms with Crippen LogP contribution in [0.25, 0.3) is 10.9 Å². The van der Waals surface area contributed by atoms with Gasteiger partial charge in [-0.25, -0.2) is 4.68 Å². The summed E-state index contributed by atoms with van der Waals surface area (Å²) < 4.78 is 43.5. The van der Waals surface area contributed by atoms with E-state index >= 15 is 0 Å². The number of halogens is 3. The number of fused-ring (bicyclic) bond motifs is 1. The highest BCUT2D eigenvalue weighted by Crippen LogP contribution is 2.41. The van der Waals surface area contributed by atoms with Crippen molar-refractivity contribution in [3.05, 3.63) is 51.6 Å². The number of rotatable bonds is 6. The summed E-state index contributed by atoms with van der Waals surface area (Å²) in [5, 5.41) is 12.0. The third-order valence-corrected chi connectivity index (χ3v) is 5.38. The molecule has 2 aromatic heterocycles. The summed E-state index contributed by atoms with van der Waals surface area (Å²) in [7, 11) is 1.77. The van der Waals surface area contributed by atoms with Gasteiger partial charge in [0.2, 0.25) is 5.91 Å². The number of nitrogens with one attached hydrogen (secondary N) is 1. The second-order valence-corrected chi connectivity index (χ2v) is 7.96. The highest BCUT2D eigenvalue weighted by molar-refractivity contribution is 5.84. The van der Waals surface area contributed by atoms with E-state index in [1.54, 1.807) is 25.6 Å². The molecule has 170 valence electrons. The van der Waals surface area contributed by atoms with E-state index in [-0.39, 0.29) is 23.8 Å². The normalized spacial score (nSPS) is 15.1. The van der Waals surface area contributed by atoms with Gasteiger partial charge in [-0.05, 0) is 44.4 Å². The Hall–Kier alpha value is -3.37. The molecule has 0 saturated heterocycles. The summed E-state index contributed by atoms with van der Waals surface area (Å²) in [6, 6.07) is 4.73. The van der Waals surface area contributed by atoms with Gasteiger partial charge in [-0.1, -0.05) is 12.1 Å². The molecule has 4 rings (SSSR count). The summed E-state index contributed by atoms with van der Waals surface area (Å²) in [6.07, 6.45) is -2.80. The van der Waals surface area contributed by atoms with E-state index < -0.39 is 18.3 Å². The van der Waals surface area contributed by atoms with Crippen molar-refractivity contribution in [2.24, 2.45) is 7.05 Å². The Bertz CT molecular complexity index is 1230. The quantitative estimate of drug-likeness (QED) is 0.625. The molecule has 11 heteroatoms. The van der Waals surface area contributed by atoms with Crippen molar-refractivity contribution >= 4 is 16.8 Å². The molecule has 0 bridgehead atoms. The molecule has 1 N–H and O–H groups in total. The lowest BCUT2D eigenvalue weighted by atomic mass is 10.1. The van der Waals surface area contributed by atoms with Crippen molar-refractivity contribution in [1.82, 2.24) is 24.9 Å². The van der Waals surface area contributed by atoms with Crippen molar-refractivity contribution in [1.29, 1.82) is 0 Å². The van der Waals surface area contributed by atoms with Crippen molar-refractivity contribution in [2.45, 2.75) is 51.6 Å². The van der Waals surface area contributed by atoms with Gasteiger partial charge in [0.05, 0.1) is 28.3 Å². The minimum absolute atomic E-state index is 0.264. The molecule has 1 aromatic carbocycles. The number of hydrogen-bond acceptors (Lipinski definition) is 5. The average molecular weight is 449 g/mol. The molecule has 1 atom stereocenters. The lowest BCUT2D eigenvalue weighted by Gasteiger charge is -2.16. The zero-order valence-corrected chi connectivity index (χ0v) is 17.7. The van der Waals surface area contributed by atoms with Gasteiger partial charge in [0, 0.05) is 13.0 Å². The molecule has 1 aliphatic rings. The number of benzene rings is 1. The molecule has 3 aromatic rings. The molecule has 1 fully saturated rings. The molecule has 0 radical (unpaired) electrons. The number of amides is 1. The van der Waals surface area contributed by atoms with Crippen LogP contribution in [0.15, 0.2) is 29.1 Å². The zero-order valence-electron chi connectivity index (χ0n) is 17.7. The highest BCUT2D eigenvalue weighted by atomic mass is 19.4. The summed E-state index contributed by atoms with van der Waals surface area (Å²) in [5.41, 5.74) is 2.24. The van der Waals surface area contributed by atoms with Crippen molar-refractivity contribution < 1.29 is 22.7 Å². The van der Waals surface area contributed by atoms with E-state index in [1.807, 2.05) is 0 Å². The molecular weight excluding hydrogens is 427 g/mol. The van der Waals surface area contributed by atoms with E-state index in [0.717, 1.165) is 23.2 Å². The standard InChI is InChI=1S/C21H22F3N5O3/c1-11(13-6-8-15(9-7-13)32-21(22,23)24)25-16(30)10-29-20(31)17-18(14-4-5-14)27-28(3)19(17)12(2)26-29/h6-9,11,14H,4-5,10H2,1-3H3,(H,25,30)/t11-/m0/s1. The number of ether oxygens (including phenoxy) is 1. The van der Waals surface area contributed by atoms with Gasteiger partial charge < -0.3 is 10.1 Å². The fraction of sp³-hybridized carbons (Fsp3) is 0.429. The second kappa shape index (κ2) is 7.95. The zero-order chi connectivity index (χ0) is 23.2. The molecule has 0 unspecified atom stereocenters. The summed E-state index contributed by atoms with van der Waals surface area (Å²) in [5.74, 6) is -0.527. The topological polar surface area (TPSA) is 91.0 Å². The third kappa shape index (κ3) is 4.46. The molecule has 1 saturated carbocycles. The summed E-state index contributed by atoms with van der Waals surface area (Å²) >= 11 is 0. The van der Waals surface area contributed by atoms with Crippen LogP contribution in [0.2, 0.25) is 0 Å². The number of nitrogens with zero attached hydrogens (tertiary/aromatic N) is 4. The Labute approximate surface area is 181 Å². The number of carbonyl (C=O) groups excluding carboxylic acids is 1. The monoisotopic (exact) mass is 449 g/mol. The van der Waals surface area contributed by atoms with E-state index in [2.05, 4.69) is 20.3 Å². The van der Waals surface area contributed by atoms with Gasteiger partial charge >= 0.3 is 6.36 Å². The van der Waals surface area contributed by atoms with E-state index in [1.165, 1.54) is 24.3 Å². The van der Waals surface area contributed by atoms with Crippen LogP contribution >= 0.6 is 0 Å². The lowest BCUT2D eigenvalue weighted by molar-refractivity contribution is -0.274. The van der Waals surface area contributed by atoms with Crippen molar-refractivity contribution in [2.75, 3.05) is 0 Å². The first-order chi connectivity index (χ1) is 15.0. The Morgan fingerprint density at radius 1 is 1.25 bits per heavy atom. The predicted molar refractivity (Wildman–Crippen MR) is 109 cm³/mol. The van der Waals surface area contributed by atoms with Gasteiger partial charge in [-0.15, -0.1) is 13.2 Å². The molecular formula is C21H22F3N5O3. The SMILES string of the molecule is Cc1nn(CC(=O)N[C@@H](C)c2ccc(OC(F)(F)F)cc2)c(=O)c2c(C3CC3)nn(C)c12. The fourth-order valence-electron chi connectivity index (χ4n) is 3.79. The Morgan fingerprint density at radius 3 is 2.50 bits per heavy atom. The van der Waals surface area contributed by atoms with E-state index in [0.29, 0.717) is 22.2 Å². The number of aryl methyl sites for hydroxylation is 2. The number of alkyl halides is 3. The van der Waals surface area contributed by atoms with Gasteiger partial charge in [0.25, 0.3) is 5.56 Å². The second-order valence-electron chi connectivity index (χ2n) is 7.96. The summed E-state index contributed by atoms with van der Waals surface area (Å²) in [6.45, 7) is 3.17. The van der Waals surface area contributed by atoms with E-state index in [9.17, 15) is 22.8 Å². The van der Waals surface area contributed by atoms with Crippen LogP contribution in [0.1, 0.15) is 48.7 Å². The predicted octanol–water partition coefficient (Wildman–Crippen LogP) is 3.09. The lowest BCUT2D eigenvalue weighted by Crippen LogP contribution is -2.35. The molecule has 32 heavy (non-hydrogen) atoms. The molecule has 8 nitrogen and oxygen atoms in total. The maximum atomic E-state index is 13.1. The van der Waals surface area contributed by atoms with Crippen LogP contribution in [0, 0.1) is 6.92 Å². The van der Waals surface area contributed by atoms with Crippen LogP contribution in [0.5, 0.6) is 5.75 Å². The van der Waals surface area contributed by atoms with Crippen LogP contribution < -0.4 is 15.6 Å². The van der Waals surface area contributed by atoms with Crippen molar-refractivity contribution in [3.63, 3.8) is 0 Å². The largest absolute Gasteiger partial charge is 0.573 e. The van der Waals surface area contributed by atoms with Gasteiger partial charge in [0.1, 0.15) is 12.3 Å². The first-order valence-corrected chi connectivity index (χ1v) is 10.1. The number of aromatic nitrogens is 4. The molecule has 1 aliphatic carbocycles. The highest BCUT2D eigenvalue weighted by Gasteiger charge is 2.32. The smallest absolute Gasteiger partial charge is 0.406 e. The van der Waals surface area contributed by atoms with Crippen LogP contribution in [0.4, 0.5) is 13.2 Å². The Kier molecular flexibility index (Phi) is 5.43. The van der Waals surface area contributed by atoms with Crippen LogP contribution in [-0.4, -0.2) is 31.8 Å². The number of carbonyl (C=O) groups is 1.